The van der Waals surface area contributed by atoms with Gasteiger partial charge in [0.1, 0.15) is 5.82 Å². The lowest BCUT2D eigenvalue weighted by Gasteiger charge is -2.15. The van der Waals surface area contributed by atoms with E-state index in [-0.39, 0.29) is 11.8 Å². The van der Waals surface area contributed by atoms with E-state index in [0.717, 1.165) is 0 Å². The summed E-state index contributed by atoms with van der Waals surface area (Å²) in [6, 6.07) is 10.1. The predicted molar refractivity (Wildman–Crippen MR) is 86.3 cm³/mol. The number of aromatic nitrogens is 1. The molecule has 0 fully saturated rings. The number of pyridine rings is 1. The van der Waals surface area contributed by atoms with Crippen LogP contribution in [0.5, 0.6) is 0 Å². The zero-order valence-electron chi connectivity index (χ0n) is 12.8. The monoisotopic (exact) mass is 298 g/mol. The second kappa shape index (κ2) is 6.71. The summed E-state index contributed by atoms with van der Waals surface area (Å²) in [4.78, 5) is 29.8. The molecule has 114 valence electrons. The third-order valence-corrected chi connectivity index (χ3v) is 3.09. The second-order valence-corrected chi connectivity index (χ2v) is 4.88. The van der Waals surface area contributed by atoms with Gasteiger partial charge in [0.05, 0.1) is 5.56 Å². The molecular weight excluding hydrogens is 280 g/mol. The van der Waals surface area contributed by atoms with Crippen molar-refractivity contribution in [1.29, 1.82) is 0 Å². The van der Waals surface area contributed by atoms with Crippen molar-refractivity contribution in [3.8, 4) is 0 Å². The van der Waals surface area contributed by atoms with E-state index in [2.05, 4.69) is 15.6 Å². The molecule has 2 rings (SSSR count). The van der Waals surface area contributed by atoms with Crippen LogP contribution in [0.1, 0.15) is 20.7 Å². The van der Waals surface area contributed by atoms with Gasteiger partial charge in [-0.25, -0.2) is 4.98 Å². The molecule has 0 radical (unpaired) electrons. The van der Waals surface area contributed by atoms with Crippen LogP contribution in [0.3, 0.4) is 0 Å². The number of hydrogen-bond donors (Lipinski definition) is 2. The molecule has 6 nitrogen and oxygen atoms in total. The number of nitrogens with one attached hydrogen (secondary N) is 2. The number of hydrogen-bond acceptors (Lipinski definition) is 4. The van der Waals surface area contributed by atoms with Gasteiger partial charge in [0.25, 0.3) is 11.8 Å². The molecule has 0 aliphatic carbocycles. The molecule has 0 spiro atoms. The highest BCUT2D eigenvalue weighted by Gasteiger charge is 2.14. The minimum Gasteiger partial charge on any atom is -0.362 e. The van der Waals surface area contributed by atoms with Crippen LogP contribution >= 0.6 is 0 Å². The molecule has 2 aromatic rings. The van der Waals surface area contributed by atoms with Crippen molar-refractivity contribution in [3.05, 3.63) is 53.7 Å². The van der Waals surface area contributed by atoms with Crippen molar-refractivity contribution in [1.82, 2.24) is 10.3 Å². The Bertz CT molecular complexity index is 681. The van der Waals surface area contributed by atoms with E-state index in [4.69, 9.17) is 0 Å². The molecule has 1 aromatic carbocycles. The average molecular weight is 298 g/mol. The zero-order valence-corrected chi connectivity index (χ0v) is 12.8. The van der Waals surface area contributed by atoms with Crippen molar-refractivity contribution in [2.45, 2.75) is 0 Å². The molecule has 0 bridgehead atoms. The first-order chi connectivity index (χ1) is 10.5. The van der Waals surface area contributed by atoms with Gasteiger partial charge in [0.15, 0.2) is 0 Å². The molecule has 22 heavy (non-hydrogen) atoms. The first-order valence-electron chi connectivity index (χ1n) is 6.78. The molecule has 0 aliphatic heterocycles. The topological polar surface area (TPSA) is 74.3 Å². The van der Waals surface area contributed by atoms with Crippen LogP contribution in [-0.2, 0) is 0 Å². The summed E-state index contributed by atoms with van der Waals surface area (Å²) in [5.41, 5.74) is 1.64. The van der Waals surface area contributed by atoms with Gasteiger partial charge in [-0.15, -0.1) is 0 Å². The minimum atomic E-state index is -0.246. The van der Waals surface area contributed by atoms with Crippen LogP contribution in [0, 0.1) is 0 Å². The average Bonchev–Trinajstić information content (AvgIpc) is 2.54. The minimum absolute atomic E-state index is 0.167. The van der Waals surface area contributed by atoms with E-state index in [0.29, 0.717) is 22.6 Å². The first-order valence-corrected chi connectivity index (χ1v) is 6.78. The smallest absolute Gasteiger partial charge is 0.259 e. The lowest BCUT2D eigenvalue weighted by atomic mass is 10.2. The number of nitrogens with zero attached hydrogens (tertiary/aromatic N) is 2. The van der Waals surface area contributed by atoms with Gasteiger partial charge in [-0.2, -0.15) is 0 Å². The largest absolute Gasteiger partial charge is 0.362 e. The Kier molecular flexibility index (Phi) is 4.73. The highest BCUT2D eigenvalue weighted by atomic mass is 16.2. The molecule has 2 amide bonds. The predicted octanol–water partition coefficient (Wildman–Crippen LogP) is 1.76. The third-order valence-electron chi connectivity index (χ3n) is 3.09. The molecule has 6 heteroatoms. The molecule has 0 saturated heterocycles. The summed E-state index contributed by atoms with van der Waals surface area (Å²) < 4.78 is 0. The molecule has 1 aromatic heterocycles. The van der Waals surface area contributed by atoms with Gasteiger partial charge in [0.2, 0.25) is 0 Å². The van der Waals surface area contributed by atoms with Crippen LogP contribution in [0.25, 0.3) is 0 Å². The van der Waals surface area contributed by atoms with Crippen LogP contribution in [0.4, 0.5) is 11.5 Å². The number of rotatable bonds is 4. The summed E-state index contributed by atoms with van der Waals surface area (Å²) in [5, 5.41) is 5.35. The number of carbonyl (C=O) groups excluding carboxylic acids is 2. The SMILES string of the molecule is CNC(=O)c1ccc(NC(=O)c2cccnc2N(C)C)cc1. The van der Waals surface area contributed by atoms with Crippen LogP contribution in [0.15, 0.2) is 42.6 Å². The van der Waals surface area contributed by atoms with Crippen molar-refractivity contribution < 1.29 is 9.59 Å². The van der Waals surface area contributed by atoms with Crippen molar-refractivity contribution >= 4 is 23.3 Å². The third kappa shape index (κ3) is 3.41. The molecular formula is C16H18N4O2. The van der Waals surface area contributed by atoms with Crippen molar-refractivity contribution in [2.75, 3.05) is 31.4 Å². The Morgan fingerprint density at radius 1 is 1.05 bits per heavy atom. The normalized spacial score (nSPS) is 9.95. The summed E-state index contributed by atoms with van der Waals surface area (Å²) >= 11 is 0. The molecule has 0 aliphatic rings. The van der Waals surface area contributed by atoms with E-state index in [1.807, 2.05) is 14.1 Å². The first kappa shape index (κ1) is 15.5. The van der Waals surface area contributed by atoms with Gasteiger partial charge in [-0.1, -0.05) is 0 Å². The molecule has 0 unspecified atom stereocenters. The number of carbonyl (C=O) groups is 2. The fraction of sp³-hybridized carbons (Fsp3) is 0.188. The highest BCUT2D eigenvalue weighted by Crippen LogP contribution is 2.17. The van der Waals surface area contributed by atoms with E-state index >= 15 is 0 Å². The second-order valence-electron chi connectivity index (χ2n) is 4.88. The van der Waals surface area contributed by atoms with Crippen molar-refractivity contribution in [2.24, 2.45) is 0 Å². The fourth-order valence-corrected chi connectivity index (χ4v) is 1.98. The number of anilines is 2. The Morgan fingerprint density at radius 2 is 1.73 bits per heavy atom. The Morgan fingerprint density at radius 3 is 2.32 bits per heavy atom. The summed E-state index contributed by atoms with van der Waals surface area (Å²) in [6.45, 7) is 0. The molecule has 2 N–H and O–H groups in total. The number of benzene rings is 1. The fourth-order valence-electron chi connectivity index (χ4n) is 1.98. The quantitative estimate of drug-likeness (QED) is 0.902. The molecule has 0 atom stereocenters. The van der Waals surface area contributed by atoms with E-state index < -0.39 is 0 Å². The van der Waals surface area contributed by atoms with Gasteiger partial charge >= 0.3 is 0 Å². The van der Waals surface area contributed by atoms with Gasteiger partial charge in [-0.05, 0) is 36.4 Å². The van der Waals surface area contributed by atoms with Gasteiger partial charge < -0.3 is 15.5 Å². The summed E-state index contributed by atoms with van der Waals surface area (Å²) in [5.74, 6) is 0.187. The molecule has 0 saturated carbocycles. The highest BCUT2D eigenvalue weighted by molar-refractivity contribution is 6.07. The Labute approximate surface area is 129 Å². The standard InChI is InChI=1S/C16H18N4O2/c1-17-15(21)11-6-8-12(9-7-11)19-16(22)13-5-4-10-18-14(13)20(2)3/h4-10H,1-3H3,(H,17,21)(H,19,22). The Balaban J connectivity index is 2.17. The summed E-state index contributed by atoms with van der Waals surface area (Å²) in [6.07, 6.45) is 1.64. The number of amides is 2. The van der Waals surface area contributed by atoms with Gasteiger partial charge in [-0.3, -0.25) is 9.59 Å². The van der Waals surface area contributed by atoms with Gasteiger partial charge in [0, 0.05) is 38.6 Å². The zero-order chi connectivity index (χ0) is 16.1. The van der Waals surface area contributed by atoms with E-state index in [9.17, 15) is 9.59 Å². The maximum atomic E-state index is 12.4. The van der Waals surface area contributed by atoms with E-state index in [1.165, 1.54) is 0 Å². The lowest BCUT2D eigenvalue weighted by Crippen LogP contribution is -2.20. The van der Waals surface area contributed by atoms with Crippen LogP contribution in [0.2, 0.25) is 0 Å². The molecule has 1 heterocycles. The van der Waals surface area contributed by atoms with Crippen LogP contribution in [-0.4, -0.2) is 37.9 Å². The summed E-state index contributed by atoms with van der Waals surface area (Å²) in [7, 11) is 5.23. The van der Waals surface area contributed by atoms with E-state index in [1.54, 1.807) is 54.5 Å². The maximum absolute atomic E-state index is 12.4. The maximum Gasteiger partial charge on any atom is 0.259 e. The van der Waals surface area contributed by atoms with Crippen LogP contribution < -0.4 is 15.5 Å². The lowest BCUT2D eigenvalue weighted by molar-refractivity contribution is 0.0962. The van der Waals surface area contributed by atoms with Crippen molar-refractivity contribution in [3.63, 3.8) is 0 Å². The Hall–Kier alpha value is -2.89.